The zero-order valence-electron chi connectivity index (χ0n) is 25.4. The van der Waals surface area contributed by atoms with E-state index in [1.54, 1.807) is 48.5 Å². The SMILES string of the molecule is Cc1cccc(-c2cccc(COC(=O)c3ccccc3-c3ccccc3C(=O)OCc3cccc(-c4cccc(C)n4)n3)n2)n1. The Hall–Kier alpha value is -6.02. The molecule has 0 saturated carbocycles. The molecule has 46 heavy (non-hydrogen) atoms. The van der Waals surface area contributed by atoms with E-state index in [1.165, 1.54) is 0 Å². The van der Waals surface area contributed by atoms with Gasteiger partial charge >= 0.3 is 11.9 Å². The molecule has 0 radical (unpaired) electrons. The fraction of sp³-hybridized carbons (Fsp3) is 0.105. The maximum absolute atomic E-state index is 13.4. The molecule has 4 aromatic heterocycles. The molecule has 0 saturated heterocycles. The van der Waals surface area contributed by atoms with E-state index in [-0.39, 0.29) is 13.2 Å². The number of nitrogens with zero attached hydrogens (tertiary/aromatic N) is 4. The molecule has 0 N–H and O–H groups in total. The molecular formula is C38H30N4O4. The van der Waals surface area contributed by atoms with E-state index < -0.39 is 11.9 Å². The van der Waals surface area contributed by atoms with Crippen LogP contribution in [-0.4, -0.2) is 31.9 Å². The van der Waals surface area contributed by atoms with Crippen LogP contribution in [0.25, 0.3) is 33.9 Å². The van der Waals surface area contributed by atoms with Crippen LogP contribution in [0.4, 0.5) is 0 Å². The first-order valence-electron chi connectivity index (χ1n) is 14.8. The summed E-state index contributed by atoms with van der Waals surface area (Å²) < 4.78 is 11.4. The van der Waals surface area contributed by atoms with Gasteiger partial charge in [0, 0.05) is 11.4 Å². The van der Waals surface area contributed by atoms with Crippen LogP contribution in [0, 0.1) is 13.8 Å². The van der Waals surface area contributed by atoms with Gasteiger partial charge in [-0.3, -0.25) is 9.97 Å². The van der Waals surface area contributed by atoms with Crippen LogP contribution in [0.1, 0.15) is 43.5 Å². The van der Waals surface area contributed by atoms with Crippen LogP contribution >= 0.6 is 0 Å². The molecule has 4 heterocycles. The Balaban J connectivity index is 1.18. The average molecular weight is 607 g/mol. The smallest absolute Gasteiger partial charge is 0.339 e. The van der Waals surface area contributed by atoms with Crippen molar-refractivity contribution in [2.45, 2.75) is 27.1 Å². The van der Waals surface area contributed by atoms with Gasteiger partial charge in [0.05, 0.1) is 45.3 Å². The summed E-state index contributed by atoms with van der Waals surface area (Å²) >= 11 is 0. The molecule has 8 nitrogen and oxygen atoms in total. The Labute approximate surface area is 266 Å². The lowest BCUT2D eigenvalue weighted by atomic mass is 9.95. The molecule has 0 atom stereocenters. The van der Waals surface area contributed by atoms with Crippen LogP contribution in [0.3, 0.4) is 0 Å². The van der Waals surface area contributed by atoms with Crippen molar-refractivity contribution >= 4 is 11.9 Å². The van der Waals surface area contributed by atoms with Crippen molar-refractivity contribution in [2.24, 2.45) is 0 Å². The fourth-order valence-corrected chi connectivity index (χ4v) is 5.00. The Morgan fingerprint density at radius 2 is 0.826 bits per heavy atom. The Morgan fingerprint density at radius 3 is 1.24 bits per heavy atom. The zero-order chi connectivity index (χ0) is 31.9. The second-order valence-electron chi connectivity index (χ2n) is 10.6. The highest BCUT2D eigenvalue weighted by Crippen LogP contribution is 2.29. The van der Waals surface area contributed by atoms with Gasteiger partial charge in [-0.1, -0.05) is 60.7 Å². The second-order valence-corrected chi connectivity index (χ2v) is 10.6. The van der Waals surface area contributed by atoms with E-state index in [9.17, 15) is 9.59 Å². The number of hydrogen-bond acceptors (Lipinski definition) is 8. The number of ether oxygens (including phenoxy) is 2. The number of aryl methyl sites for hydroxylation is 2. The van der Waals surface area contributed by atoms with Crippen molar-refractivity contribution < 1.29 is 19.1 Å². The zero-order valence-corrected chi connectivity index (χ0v) is 25.4. The van der Waals surface area contributed by atoms with E-state index >= 15 is 0 Å². The summed E-state index contributed by atoms with van der Waals surface area (Å²) in [6.07, 6.45) is 0. The third-order valence-electron chi connectivity index (χ3n) is 7.20. The van der Waals surface area contributed by atoms with Crippen molar-refractivity contribution in [3.63, 3.8) is 0 Å². The molecule has 0 fully saturated rings. The molecule has 8 heteroatoms. The molecule has 0 bridgehead atoms. The van der Waals surface area contributed by atoms with Crippen LogP contribution in [0.5, 0.6) is 0 Å². The van der Waals surface area contributed by atoms with E-state index in [4.69, 9.17) is 9.47 Å². The van der Waals surface area contributed by atoms with Gasteiger partial charge in [0.15, 0.2) is 0 Å². The third-order valence-corrected chi connectivity index (χ3v) is 7.20. The Bertz CT molecular complexity index is 1900. The topological polar surface area (TPSA) is 104 Å². The largest absolute Gasteiger partial charge is 0.456 e. The van der Waals surface area contributed by atoms with E-state index in [1.807, 2.05) is 86.6 Å². The molecule has 0 aliphatic rings. The summed E-state index contributed by atoms with van der Waals surface area (Å²) in [5, 5.41) is 0. The number of carbonyl (C=O) groups excluding carboxylic acids is 2. The summed E-state index contributed by atoms with van der Waals surface area (Å²) in [5.74, 6) is -1.07. The van der Waals surface area contributed by atoms with Crippen molar-refractivity contribution in [1.29, 1.82) is 0 Å². The molecule has 0 unspecified atom stereocenters. The second kappa shape index (κ2) is 13.7. The molecule has 226 valence electrons. The van der Waals surface area contributed by atoms with Crippen LogP contribution in [0.15, 0.2) is 121 Å². The van der Waals surface area contributed by atoms with Crippen LogP contribution in [-0.2, 0) is 22.7 Å². The lowest BCUT2D eigenvalue weighted by Crippen LogP contribution is -2.11. The number of pyridine rings is 4. The maximum Gasteiger partial charge on any atom is 0.339 e. The minimum Gasteiger partial charge on any atom is -0.456 e. The monoisotopic (exact) mass is 606 g/mol. The van der Waals surface area contributed by atoms with E-state index in [0.717, 1.165) is 22.8 Å². The first kappa shape index (κ1) is 30.0. The number of esters is 2. The first-order chi connectivity index (χ1) is 22.4. The average Bonchev–Trinajstić information content (AvgIpc) is 3.10. The predicted octanol–water partition coefficient (Wildman–Crippen LogP) is 7.60. The highest BCUT2D eigenvalue weighted by Gasteiger charge is 2.20. The van der Waals surface area contributed by atoms with Gasteiger partial charge in [-0.2, -0.15) is 0 Å². The molecule has 0 amide bonds. The van der Waals surface area contributed by atoms with Gasteiger partial charge in [0.25, 0.3) is 0 Å². The van der Waals surface area contributed by atoms with Gasteiger partial charge in [-0.25, -0.2) is 19.6 Å². The summed E-state index contributed by atoms with van der Waals surface area (Å²) in [4.78, 5) is 45.1. The molecule has 6 aromatic rings. The highest BCUT2D eigenvalue weighted by atomic mass is 16.5. The maximum atomic E-state index is 13.4. The summed E-state index contributed by atoms with van der Waals surface area (Å²) in [6.45, 7) is 3.79. The van der Waals surface area contributed by atoms with Gasteiger partial charge < -0.3 is 9.47 Å². The van der Waals surface area contributed by atoms with E-state index in [0.29, 0.717) is 45.0 Å². The van der Waals surface area contributed by atoms with Crippen molar-refractivity contribution in [2.75, 3.05) is 0 Å². The van der Waals surface area contributed by atoms with Crippen molar-refractivity contribution in [3.05, 3.63) is 155 Å². The molecule has 0 aliphatic heterocycles. The number of aromatic nitrogens is 4. The third kappa shape index (κ3) is 7.03. The van der Waals surface area contributed by atoms with Gasteiger partial charge in [0.1, 0.15) is 13.2 Å². The number of carbonyl (C=O) groups is 2. The number of rotatable bonds is 9. The predicted molar refractivity (Wildman–Crippen MR) is 175 cm³/mol. The number of hydrogen-bond donors (Lipinski definition) is 0. The molecule has 2 aromatic carbocycles. The first-order valence-corrected chi connectivity index (χ1v) is 14.8. The minimum absolute atomic E-state index is 0.0271. The molecule has 6 rings (SSSR count). The van der Waals surface area contributed by atoms with E-state index in [2.05, 4.69) is 19.9 Å². The van der Waals surface area contributed by atoms with Crippen LogP contribution in [0.2, 0.25) is 0 Å². The number of benzene rings is 2. The summed E-state index contributed by atoms with van der Waals surface area (Å²) in [7, 11) is 0. The molecular weight excluding hydrogens is 576 g/mol. The quantitative estimate of drug-likeness (QED) is 0.155. The van der Waals surface area contributed by atoms with Crippen molar-refractivity contribution in [3.8, 4) is 33.9 Å². The molecule has 0 spiro atoms. The van der Waals surface area contributed by atoms with Gasteiger partial charge in [-0.05, 0) is 85.6 Å². The van der Waals surface area contributed by atoms with Gasteiger partial charge in [0.2, 0.25) is 0 Å². The van der Waals surface area contributed by atoms with Crippen molar-refractivity contribution in [1.82, 2.24) is 19.9 Å². The lowest BCUT2D eigenvalue weighted by Gasteiger charge is -2.14. The minimum atomic E-state index is -0.537. The fourth-order valence-electron chi connectivity index (χ4n) is 5.00. The Morgan fingerprint density at radius 1 is 0.457 bits per heavy atom. The van der Waals surface area contributed by atoms with Gasteiger partial charge in [-0.15, -0.1) is 0 Å². The highest BCUT2D eigenvalue weighted by molar-refractivity contribution is 6.03. The Kier molecular flexibility index (Phi) is 8.97. The normalized spacial score (nSPS) is 10.7. The molecule has 0 aliphatic carbocycles. The standard InChI is InChI=1S/C38H30N4O4/c1-25-11-7-19-33(39-25)35-21-9-13-27(41-35)23-45-37(43)31-17-5-3-15-29(31)30-16-4-6-18-32(30)38(44)46-24-28-14-10-22-36(42-28)34-20-8-12-26(2)40-34/h3-22H,23-24H2,1-2H3. The summed E-state index contributed by atoms with van der Waals surface area (Å²) in [5.41, 5.74) is 7.57. The summed E-state index contributed by atoms with van der Waals surface area (Å²) in [6, 6.07) is 36.6. The van der Waals surface area contributed by atoms with Crippen LogP contribution < -0.4 is 0 Å². The lowest BCUT2D eigenvalue weighted by molar-refractivity contribution is 0.0457.